The number of nitrogens with zero attached hydrogens (tertiary/aromatic N) is 1. The van der Waals surface area contributed by atoms with Crippen molar-refractivity contribution in [2.24, 2.45) is 17.1 Å². The molecule has 0 aromatic rings. The Hall–Kier alpha value is -0.0800. The minimum Gasteiger partial charge on any atom is -0.326 e. The predicted molar refractivity (Wildman–Crippen MR) is 76.5 cm³/mol. The van der Waals surface area contributed by atoms with Crippen LogP contribution in [-0.4, -0.2) is 29.6 Å². The first-order valence-electron chi connectivity index (χ1n) is 8.11. The van der Waals surface area contributed by atoms with Crippen LogP contribution >= 0.6 is 0 Å². The zero-order chi connectivity index (χ0) is 12.8. The highest BCUT2D eigenvalue weighted by Gasteiger charge is 2.46. The van der Waals surface area contributed by atoms with Gasteiger partial charge in [-0.2, -0.15) is 0 Å². The molecule has 2 saturated carbocycles. The maximum atomic E-state index is 6.56. The van der Waals surface area contributed by atoms with Crippen molar-refractivity contribution in [2.45, 2.75) is 83.3 Å². The van der Waals surface area contributed by atoms with Crippen LogP contribution in [0.4, 0.5) is 0 Å². The summed E-state index contributed by atoms with van der Waals surface area (Å²) >= 11 is 0. The molecule has 1 heterocycles. The molecule has 2 aliphatic carbocycles. The lowest BCUT2D eigenvalue weighted by Gasteiger charge is -2.38. The third kappa shape index (κ3) is 2.12. The van der Waals surface area contributed by atoms with Gasteiger partial charge in [0.15, 0.2) is 0 Å². The zero-order valence-corrected chi connectivity index (χ0v) is 12.2. The molecule has 0 amide bonds. The number of rotatable bonds is 2. The smallest absolute Gasteiger partial charge is 0.0255 e. The summed E-state index contributed by atoms with van der Waals surface area (Å²) in [5.41, 5.74) is 6.91. The molecule has 104 valence electrons. The monoisotopic (exact) mass is 250 g/mol. The van der Waals surface area contributed by atoms with E-state index in [1.165, 1.54) is 57.9 Å². The second kappa shape index (κ2) is 4.79. The van der Waals surface area contributed by atoms with E-state index >= 15 is 0 Å². The second-order valence-corrected chi connectivity index (χ2v) is 7.61. The van der Waals surface area contributed by atoms with Gasteiger partial charge in [-0.05, 0) is 56.4 Å². The normalized spacial score (nSPS) is 41.8. The van der Waals surface area contributed by atoms with Crippen molar-refractivity contribution in [3.8, 4) is 0 Å². The molecule has 0 radical (unpaired) electrons. The first-order chi connectivity index (χ1) is 8.59. The fourth-order valence-corrected chi connectivity index (χ4v) is 4.83. The fraction of sp³-hybridized carbons (Fsp3) is 1.00. The average molecular weight is 250 g/mol. The molecule has 2 N–H and O–H groups in total. The van der Waals surface area contributed by atoms with Crippen molar-refractivity contribution in [1.82, 2.24) is 4.90 Å². The SMILES string of the molecule is CC1(C)CCC(N2CCCC2C2CCCC2)C1N. The summed E-state index contributed by atoms with van der Waals surface area (Å²) in [5.74, 6) is 0.989. The van der Waals surface area contributed by atoms with Gasteiger partial charge in [-0.3, -0.25) is 4.90 Å². The van der Waals surface area contributed by atoms with Crippen molar-refractivity contribution in [3.63, 3.8) is 0 Å². The van der Waals surface area contributed by atoms with Crippen molar-refractivity contribution in [1.29, 1.82) is 0 Å². The van der Waals surface area contributed by atoms with Crippen molar-refractivity contribution in [2.75, 3.05) is 6.54 Å². The van der Waals surface area contributed by atoms with Crippen LogP contribution < -0.4 is 5.73 Å². The first kappa shape index (κ1) is 12.9. The van der Waals surface area contributed by atoms with E-state index < -0.39 is 0 Å². The third-order valence-corrected chi connectivity index (χ3v) is 6.11. The van der Waals surface area contributed by atoms with Crippen LogP contribution in [0.25, 0.3) is 0 Å². The molecule has 1 saturated heterocycles. The van der Waals surface area contributed by atoms with E-state index in [4.69, 9.17) is 5.73 Å². The quantitative estimate of drug-likeness (QED) is 0.815. The molecule has 3 aliphatic rings. The number of hydrogen-bond acceptors (Lipinski definition) is 2. The maximum absolute atomic E-state index is 6.56. The summed E-state index contributed by atoms with van der Waals surface area (Å²) in [6.07, 6.45) is 11.4. The molecule has 1 aliphatic heterocycles. The van der Waals surface area contributed by atoms with E-state index in [1.54, 1.807) is 0 Å². The zero-order valence-electron chi connectivity index (χ0n) is 12.2. The van der Waals surface area contributed by atoms with Crippen LogP contribution in [0.3, 0.4) is 0 Å². The van der Waals surface area contributed by atoms with E-state index in [0.29, 0.717) is 17.5 Å². The summed E-state index contributed by atoms with van der Waals surface area (Å²) < 4.78 is 0. The Morgan fingerprint density at radius 1 is 0.944 bits per heavy atom. The Morgan fingerprint density at radius 3 is 2.28 bits per heavy atom. The Morgan fingerprint density at radius 2 is 1.67 bits per heavy atom. The molecule has 3 atom stereocenters. The molecule has 0 bridgehead atoms. The van der Waals surface area contributed by atoms with Gasteiger partial charge >= 0.3 is 0 Å². The van der Waals surface area contributed by atoms with Crippen molar-refractivity contribution < 1.29 is 0 Å². The molecule has 0 spiro atoms. The molecule has 3 unspecified atom stereocenters. The third-order valence-electron chi connectivity index (χ3n) is 6.11. The highest BCUT2D eigenvalue weighted by atomic mass is 15.2. The number of hydrogen-bond donors (Lipinski definition) is 1. The lowest BCUT2D eigenvalue weighted by molar-refractivity contribution is 0.115. The van der Waals surface area contributed by atoms with Gasteiger partial charge in [0.1, 0.15) is 0 Å². The standard InChI is InChI=1S/C16H30N2/c1-16(2)10-9-14(15(16)17)18-11-5-8-13(18)12-6-3-4-7-12/h12-15H,3-11,17H2,1-2H3. The lowest BCUT2D eigenvalue weighted by Crippen LogP contribution is -2.52. The first-order valence-corrected chi connectivity index (χ1v) is 8.11. The largest absolute Gasteiger partial charge is 0.326 e. The van der Waals surface area contributed by atoms with Gasteiger partial charge in [-0.25, -0.2) is 0 Å². The van der Waals surface area contributed by atoms with Gasteiger partial charge in [0.05, 0.1) is 0 Å². The molecular weight excluding hydrogens is 220 g/mol. The molecule has 3 fully saturated rings. The highest BCUT2D eigenvalue weighted by molar-refractivity contribution is 5.03. The molecule has 0 aromatic heterocycles. The summed E-state index contributed by atoms with van der Waals surface area (Å²) in [6, 6.07) is 1.94. The van der Waals surface area contributed by atoms with E-state index in [0.717, 1.165) is 12.0 Å². The molecule has 3 rings (SSSR count). The van der Waals surface area contributed by atoms with Crippen molar-refractivity contribution >= 4 is 0 Å². The van der Waals surface area contributed by atoms with Gasteiger partial charge in [0.25, 0.3) is 0 Å². The molecular formula is C16H30N2. The van der Waals surface area contributed by atoms with Gasteiger partial charge in [-0.15, -0.1) is 0 Å². The van der Waals surface area contributed by atoms with Crippen LogP contribution in [-0.2, 0) is 0 Å². The molecule has 2 nitrogen and oxygen atoms in total. The van der Waals surface area contributed by atoms with Crippen LogP contribution in [0.15, 0.2) is 0 Å². The Balaban J connectivity index is 1.71. The van der Waals surface area contributed by atoms with Gasteiger partial charge in [-0.1, -0.05) is 26.7 Å². The minimum atomic E-state index is 0.355. The Bertz CT molecular complexity index is 293. The van der Waals surface area contributed by atoms with E-state index in [9.17, 15) is 0 Å². The van der Waals surface area contributed by atoms with Crippen LogP contribution in [0, 0.1) is 11.3 Å². The second-order valence-electron chi connectivity index (χ2n) is 7.61. The van der Waals surface area contributed by atoms with Gasteiger partial charge in [0.2, 0.25) is 0 Å². The number of likely N-dealkylation sites (tertiary alicyclic amines) is 1. The van der Waals surface area contributed by atoms with Gasteiger partial charge in [0, 0.05) is 18.1 Å². The summed E-state index contributed by atoms with van der Waals surface area (Å²) in [7, 11) is 0. The van der Waals surface area contributed by atoms with E-state index in [1.807, 2.05) is 0 Å². The molecule has 18 heavy (non-hydrogen) atoms. The number of nitrogens with two attached hydrogens (primary N) is 1. The highest BCUT2D eigenvalue weighted by Crippen LogP contribution is 2.43. The van der Waals surface area contributed by atoms with Crippen molar-refractivity contribution in [3.05, 3.63) is 0 Å². The topological polar surface area (TPSA) is 29.3 Å². The Kier molecular flexibility index (Phi) is 3.44. The molecule has 2 heteroatoms. The summed E-state index contributed by atoms with van der Waals surface area (Å²) in [6.45, 7) is 6.03. The average Bonchev–Trinajstić information content (AvgIpc) is 3.01. The van der Waals surface area contributed by atoms with Gasteiger partial charge < -0.3 is 5.73 Å². The summed E-state index contributed by atoms with van der Waals surface area (Å²) in [4.78, 5) is 2.83. The van der Waals surface area contributed by atoms with Crippen LogP contribution in [0.1, 0.15) is 65.2 Å². The van der Waals surface area contributed by atoms with Crippen LogP contribution in [0.2, 0.25) is 0 Å². The maximum Gasteiger partial charge on any atom is 0.0255 e. The van der Waals surface area contributed by atoms with E-state index in [2.05, 4.69) is 18.7 Å². The molecule has 0 aromatic carbocycles. The summed E-state index contributed by atoms with van der Waals surface area (Å²) in [5, 5.41) is 0. The minimum absolute atomic E-state index is 0.355. The Labute approximate surface area is 112 Å². The van der Waals surface area contributed by atoms with E-state index in [-0.39, 0.29) is 0 Å². The lowest BCUT2D eigenvalue weighted by atomic mass is 9.86. The fourth-order valence-electron chi connectivity index (χ4n) is 4.83. The predicted octanol–water partition coefficient (Wildman–Crippen LogP) is 3.16. The van der Waals surface area contributed by atoms with Crippen LogP contribution in [0.5, 0.6) is 0 Å².